The third-order valence-corrected chi connectivity index (χ3v) is 3.91. The van der Waals surface area contributed by atoms with E-state index < -0.39 is 23.2 Å². The molecule has 0 bridgehead atoms. The summed E-state index contributed by atoms with van der Waals surface area (Å²) >= 11 is 1.20. The van der Waals surface area contributed by atoms with Crippen molar-refractivity contribution in [3.8, 4) is 0 Å². The van der Waals surface area contributed by atoms with Crippen LogP contribution in [0.15, 0.2) is 16.4 Å². The fourth-order valence-electron chi connectivity index (χ4n) is 1.82. The van der Waals surface area contributed by atoms with Crippen LogP contribution < -0.4 is 34.7 Å². The van der Waals surface area contributed by atoms with Crippen LogP contribution in [0.25, 0.3) is 0 Å². The Labute approximate surface area is 140 Å². The van der Waals surface area contributed by atoms with Crippen molar-refractivity contribution in [1.82, 2.24) is 4.90 Å². The number of ether oxygens (including phenoxy) is 1. The van der Waals surface area contributed by atoms with Gasteiger partial charge in [-0.15, -0.1) is 11.8 Å². The molecule has 2 aliphatic rings. The molecule has 1 atom stereocenters. The molecule has 0 unspecified atom stereocenters. The monoisotopic (exact) mass is 308 g/mol. The summed E-state index contributed by atoms with van der Waals surface area (Å²) in [6.07, 6.45) is 0. The predicted molar refractivity (Wildman–Crippen MR) is 61.0 cm³/mol. The van der Waals surface area contributed by atoms with E-state index in [-0.39, 0.29) is 58.9 Å². The molecule has 1 saturated heterocycles. The number of aliphatic carboxylic acids is 1. The van der Waals surface area contributed by atoms with Gasteiger partial charge in [-0.05, 0) is 0 Å². The van der Waals surface area contributed by atoms with E-state index in [1.54, 1.807) is 0 Å². The number of thioether (sulfide) groups is 1. The number of carboxylic acid groups (broad SMARTS) is 1. The molecule has 0 aromatic rings. The Balaban J connectivity index is 0.00000200. The number of carboxylic acids is 1. The quantitative estimate of drug-likeness (QED) is 0.183. The van der Waals surface area contributed by atoms with E-state index in [9.17, 15) is 19.5 Å². The van der Waals surface area contributed by atoms with Gasteiger partial charge >= 0.3 is 35.5 Å². The molecule has 0 saturated carbocycles. The SMILES string of the molecule is CC(=O)OCC1=C(C(=O)[O-])N2C(=O)/C(=N/O)[C@H]2SC1.[Na+]. The summed E-state index contributed by atoms with van der Waals surface area (Å²) in [6.45, 7) is 0.983. The molecule has 1 amide bonds. The number of hydrogen-bond donors (Lipinski definition) is 1. The van der Waals surface area contributed by atoms with Crippen molar-refractivity contribution in [2.75, 3.05) is 12.4 Å². The number of carbonyl (C=O) groups is 3. The van der Waals surface area contributed by atoms with Crippen LogP contribution in [0.3, 0.4) is 0 Å². The van der Waals surface area contributed by atoms with Crippen LogP contribution in [-0.2, 0) is 19.1 Å². The maximum Gasteiger partial charge on any atom is 1.00 e. The van der Waals surface area contributed by atoms with Gasteiger partial charge in [-0.1, -0.05) is 5.16 Å². The van der Waals surface area contributed by atoms with Crippen molar-refractivity contribution in [1.29, 1.82) is 0 Å². The van der Waals surface area contributed by atoms with Crippen LogP contribution in [0.2, 0.25) is 0 Å². The second kappa shape index (κ2) is 6.61. The van der Waals surface area contributed by atoms with Gasteiger partial charge in [-0.25, -0.2) is 0 Å². The van der Waals surface area contributed by atoms with Gasteiger partial charge in [0.05, 0.1) is 11.7 Å². The van der Waals surface area contributed by atoms with Gasteiger partial charge in [0.1, 0.15) is 12.0 Å². The van der Waals surface area contributed by atoms with E-state index in [1.807, 2.05) is 0 Å². The molecule has 1 N–H and O–H groups in total. The largest absolute Gasteiger partial charge is 1.00 e. The average Bonchev–Trinajstić information content (AvgIpc) is 2.35. The standard InChI is InChI=1S/C10H10N2O6S.Na/c1-4(13)18-2-5-3-19-9-6(11-17)8(14)12(9)7(5)10(15)16;/h9,17H,2-3H2,1H3,(H,15,16);/q;+1/p-1/b11-6-;/t9-;/m1./s1. The van der Waals surface area contributed by atoms with Crippen LogP contribution in [-0.4, -0.2) is 51.4 Å². The molecule has 0 aromatic heterocycles. The fraction of sp³-hybridized carbons (Fsp3) is 0.400. The first-order valence-electron chi connectivity index (χ1n) is 5.21. The van der Waals surface area contributed by atoms with Crippen LogP contribution in [0.4, 0.5) is 0 Å². The van der Waals surface area contributed by atoms with Crippen LogP contribution in [0, 0.1) is 0 Å². The Hall–Kier alpha value is -1.03. The molecule has 0 radical (unpaired) electrons. The molecule has 0 aliphatic carbocycles. The van der Waals surface area contributed by atoms with Gasteiger partial charge in [0.15, 0.2) is 5.71 Å². The Morgan fingerprint density at radius 3 is 2.75 bits per heavy atom. The Bertz CT molecular complexity index is 532. The minimum absolute atomic E-state index is 0. The van der Waals surface area contributed by atoms with Crippen molar-refractivity contribution in [2.24, 2.45) is 5.16 Å². The van der Waals surface area contributed by atoms with E-state index in [0.717, 1.165) is 4.90 Å². The van der Waals surface area contributed by atoms with Crippen LogP contribution in [0.1, 0.15) is 6.92 Å². The molecule has 2 heterocycles. The Morgan fingerprint density at radius 1 is 1.60 bits per heavy atom. The zero-order valence-electron chi connectivity index (χ0n) is 10.8. The first-order chi connectivity index (χ1) is 8.97. The molecular formula is C10H9N2NaO6S. The first kappa shape index (κ1) is 17.0. The minimum Gasteiger partial charge on any atom is -0.543 e. The number of β-lactam (4-membered cyclic amide) rings is 1. The van der Waals surface area contributed by atoms with Crippen molar-refractivity contribution >= 4 is 35.3 Å². The van der Waals surface area contributed by atoms with E-state index in [2.05, 4.69) is 5.16 Å². The number of hydrogen-bond acceptors (Lipinski definition) is 8. The molecule has 1 fully saturated rings. The molecule has 0 spiro atoms. The molecule has 8 nitrogen and oxygen atoms in total. The Morgan fingerprint density at radius 2 is 2.25 bits per heavy atom. The molecule has 0 aromatic carbocycles. The predicted octanol–water partition coefficient (Wildman–Crippen LogP) is -4.70. The second-order valence-electron chi connectivity index (χ2n) is 3.84. The number of oxime groups is 1. The zero-order chi connectivity index (χ0) is 14.2. The van der Waals surface area contributed by atoms with Crippen molar-refractivity contribution in [3.05, 3.63) is 11.3 Å². The summed E-state index contributed by atoms with van der Waals surface area (Å²) in [5.74, 6) is -2.54. The fourth-order valence-corrected chi connectivity index (χ4v) is 3.05. The Kier molecular flexibility index (Phi) is 5.63. The molecular weight excluding hydrogens is 299 g/mol. The average molecular weight is 308 g/mol. The summed E-state index contributed by atoms with van der Waals surface area (Å²) in [4.78, 5) is 34.4. The molecule has 102 valence electrons. The third-order valence-electron chi connectivity index (χ3n) is 2.65. The van der Waals surface area contributed by atoms with Gasteiger partial charge < -0.3 is 19.8 Å². The van der Waals surface area contributed by atoms with Crippen LogP contribution in [0.5, 0.6) is 0 Å². The van der Waals surface area contributed by atoms with Crippen molar-refractivity contribution < 1.29 is 59.0 Å². The van der Waals surface area contributed by atoms with Gasteiger partial charge in [0, 0.05) is 18.2 Å². The summed E-state index contributed by atoms with van der Waals surface area (Å²) in [5, 5.41) is 22.0. The van der Waals surface area contributed by atoms with Gasteiger partial charge in [-0.2, -0.15) is 0 Å². The maximum absolute atomic E-state index is 11.6. The summed E-state index contributed by atoms with van der Waals surface area (Å²) in [6, 6.07) is 0. The first-order valence-corrected chi connectivity index (χ1v) is 6.26. The zero-order valence-corrected chi connectivity index (χ0v) is 13.6. The number of fused-ring (bicyclic) bond motifs is 1. The van der Waals surface area contributed by atoms with E-state index in [1.165, 1.54) is 18.7 Å². The van der Waals surface area contributed by atoms with Crippen LogP contribution >= 0.6 is 11.8 Å². The number of amides is 1. The van der Waals surface area contributed by atoms with Crippen molar-refractivity contribution in [2.45, 2.75) is 12.3 Å². The summed E-state index contributed by atoms with van der Waals surface area (Å²) in [7, 11) is 0. The number of carbonyl (C=O) groups excluding carboxylic acids is 3. The van der Waals surface area contributed by atoms with Gasteiger partial charge in [0.2, 0.25) is 0 Å². The maximum atomic E-state index is 11.6. The number of rotatable bonds is 3. The van der Waals surface area contributed by atoms with E-state index in [4.69, 9.17) is 9.94 Å². The third kappa shape index (κ3) is 2.85. The summed E-state index contributed by atoms with van der Waals surface area (Å²) in [5.41, 5.74) is -0.139. The van der Waals surface area contributed by atoms with E-state index >= 15 is 0 Å². The topological polar surface area (TPSA) is 119 Å². The molecule has 2 aliphatic heterocycles. The minimum atomic E-state index is -1.53. The normalized spacial score (nSPS) is 22.9. The van der Waals surface area contributed by atoms with Crippen molar-refractivity contribution in [3.63, 3.8) is 0 Å². The molecule has 2 rings (SSSR count). The molecule has 20 heavy (non-hydrogen) atoms. The van der Waals surface area contributed by atoms with Gasteiger partial charge in [-0.3, -0.25) is 14.5 Å². The molecule has 10 heteroatoms. The summed E-state index contributed by atoms with van der Waals surface area (Å²) < 4.78 is 4.74. The number of nitrogens with zero attached hydrogens (tertiary/aromatic N) is 2. The van der Waals surface area contributed by atoms with E-state index in [0.29, 0.717) is 0 Å². The second-order valence-corrected chi connectivity index (χ2v) is 4.91. The number of esters is 1. The smallest absolute Gasteiger partial charge is 0.543 e. The van der Waals surface area contributed by atoms with Gasteiger partial charge in [0.25, 0.3) is 5.91 Å².